The van der Waals surface area contributed by atoms with Gasteiger partial charge in [0.2, 0.25) is 0 Å². The predicted octanol–water partition coefficient (Wildman–Crippen LogP) is 2.89. The molecule has 0 bridgehead atoms. The Morgan fingerprint density at radius 2 is 2.06 bits per heavy atom. The van der Waals surface area contributed by atoms with Crippen LogP contribution >= 0.6 is 31.9 Å². The highest BCUT2D eigenvalue weighted by Gasteiger charge is 2.22. The second-order valence-electron chi connectivity index (χ2n) is 3.99. The van der Waals surface area contributed by atoms with E-state index in [0.29, 0.717) is 5.92 Å². The van der Waals surface area contributed by atoms with E-state index < -0.39 is 5.63 Å². The second-order valence-corrected chi connectivity index (χ2v) is 5.76. The van der Waals surface area contributed by atoms with Gasteiger partial charge in [0, 0.05) is 10.0 Å². The van der Waals surface area contributed by atoms with Gasteiger partial charge in [-0.05, 0) is 43.9 Å². The van der Waals surface area contributed by atoms with Gasteiger partial charge in [0.1, 0.15) is 0 Å². The lowest BCUT2D eigenvalue weighted by Gasteiger charge is -2.08. The zero-order chi connectivity index (χ0) is 12.6. The van der Waals surface area contributed by atoms with Crippen LogP contribution in [-0.2, 0) is 0 Å². The molecule has 0 saturated heterocycles. The Labute approximate surface area is 115 Å². The number of rotatable bonds is 2. The summed E-state index contributed by atoms with van der Waals surface area (Å²) in [6.45, 7) is 4.19. The van der Waals surface area contributed by atoms with Crippen LogP contribution in [0.1, 0.15) is 25.3 Å². The number of hydrogen-bond donors (Lipinski definition) is 1. The van der Waals surface area contributed by atoms with E-state index in [2.05, 4.69) is 55.5 Å². The van der Waals surface area contributed by atoms with E-state index >= 15 is 0 Å². The van der Waals surface area contributed by atoms with Crippen molar-refractivity contribution < 1.29 is 9.20 Å². The molecule has 1 aromatic carbocycles. The Kier molecular flexibility index (Phi) is 3.53. The topological polar surface area (TPSA) is 49.9 Å². The summed E-state index contributed by atoms with van der Waals surface area (Å²) < 4.78 is 8.14. The van der Waals surface area contributed by atoms with Gasteiger partial charge < -0.3 is 0 Å². The van der Waals surface area contributed by atoms with Gasteiger partial charge in [0.05, 0.1) is 4.47 Å². The zero-order valence-corrected chi connectivity index (χ0v) is 12.5. The standard InChI is InChI=1S/C11H10Br2N2O2/c1-6(2)8-3-7(12)4-9(13)11(8)15-5-10(16)17-14-15/h3-6H,1-2H3/p+1. The first-order chi connectivity index (χ1) is 7.99. The lowest BCUT2D eigenvalue weighted by molar-refractivity contribution is -0.671. The van der Waals surface area contributed by atoms with E-state index in [0.717, 1.165) is 20.2 Å². The molecule has 0 radical (unpaired) electrons. The predicted molar refractivity (Wildman–Crippen MR) is 70.3 cm³/mol. The summed E-state index contributed by atoms with van der Waals surface area (Å²) in [4.78, 5) is 11.1. The van der Waals surface area contributed by atoms with Crippen LogP contribution in [0.25, 0.3) is 5.69 Å². The zero-order valence-electron chi connectivity index (χ0n) is 9.33. The Bertz CT molecular complexity index is 602. The van der Waals surface area contributed by atoms with E-state index in [4.69, 9.17) is 0 Å². The van der Waals surface area contributed by atoms with Crippen LogP contribution in [0.5, 0.6) is 0 Å². The molecule has 17 heavy (non-hydrogen) atoms. The van der Waals surface area contributed by atoms with Gasteiger partial charge >= 0.3 is 5.63 Å². The first-order valence-electron chi connectivity index (χ1n) is 5.08. The van der Waals surface area contributed by atoms with E-state index in [9.17, 15) is 4.79 Å². The fourth-order valence-electron chi connectivity index (χ4n) is 1.64. The summed E-state index contributed by atoms with van der Waals surface area (Å²) in [6.07, 6.45) is 1.37. The molecule has 6 heteroatoms. The average molecular weight is 363 g/mol. The molecule has 0 aliphatic carbocycles. The van der Waals surface area contributed by atoms with Crippen LogP contribution in [0.3, 0.4) is 0 Å². The Hall–Kier alpha value is -0.880. The summed E-state index contributed by atoms with van der Waals surface area (Å²) in [7, 11) is 0. The number of benzene rings is 1. The molecular weight excluding hydrogens is 352 g/mol. The smallest absolute Gasteiger partial charge is 0.283 e. The molecule has 0 aliphatic rings. The fourth-order valence-corrected chi connectivity index (χ4v) is 3.09. The van der Waals surface area contributed by atoms with Crippen molar-refractivity contribution in [3.05, 3.63) is 43.3 Å². The maximum Gasteiger partial charge on any atom is 0.427 e. The van der Waals surface area contributed by atoms with Crippen molar-refractivity contribution in [2.24, 2.45) is 0 Å². The van der Waals surface area contributed by atoms with E-state index in [1.54, 1.807) is 4.68 Å². The Balaban J connectivity index is 2.71. The highest BCUT2D eigenvalue weighted by molar-refractivity contribution is 9.11. The highest BCUT2D eigenvalue weighted by atomic mass is 79.9. The number of halogens is 2. The Morgan fingerprint density at radius 3 is 2.59 bits per heavy atom. The molecule has 0 atom stereocenters. The van der Waals surface area contributed by atoms with Gasteiger partial charge in [-0.3, -0.25) is 4.52 Å². The van der Waals surface area contributed by atoms with Crippen molar-refractivity contribution in [1.82, 2.24) is 5.27 Å². The summed E-state index contributed by atoms with van der Waals surface area (Å²) in [5.41, 5.74) is 1.58. The molecule has 0 amide bonds. The van der Waals surface area contributed by atoms with Gasteiger partial charge in [0.25, 0.3) is 11.9 Å². The van der Waals surface area contributed by atoms with Crippen LogP contribution < -0.4 is 10.3 Å². The second kappa shape index (κ2) is 4.78. The maximum atomic E-state index is 11.1. The third-order valence-corrected chi connectivity index (χ3v) is 3.46. The molecule has 0 aliphatic heterocycles. The van der Waals surface area contributed by atoms with E-state index in [-0.39, 0.29) is 0 Å². The number of aromatic amines is 1. The lowest BCUT2D eigenvalue weighted by atomic mass is 10.0. The van der Waals surface area contributed by atoms with Crippen LogP contribution in [0.2, 0.25) is 0 Å². The number of nitrogens with zero attached hydrogens (tertiary/aromatic N) is 1. The van der Waals surface area contributed by atoms with E-state index in [1.165, 1.54) is 6.20 Å². The molecule has 0 spiro atoms. The fraction of sp³-hybridized carbons (Fsp3) is 0.273. The van der Waals surface area contributed by atoms with Gasteiger partial charge in [-0.25, -0.2) is 4.79 Å². The molecule has 2 rings (SSSR count). The SMILES string of the molecule is CC(C)c1cc(Br)cc(Br)c1-[n+]1cc(=O)o[nH]1. The average Bonchev–Trinajstić information content (AvgIpc) is 2.63. The van der Waals surface area contributed by atoms with Crippen molar-refractivity contribution >= 4 is 31.9 Å². The number of H-pyrrole nitrogens is 1. The quantitative estimate of drug-likeness (QED) is 0.835. The highest BCUT2D eigenvalue weighted by Crippen LogP contribution is 2.30. The summed E-state index contributed by atoms with van der Waals surface area (Å²) in [5, 5.41) is 2.56. The molecule has 90 valence electrons. The van der Waals surface area contributed by atoms with Crippen molar-refractivity contribution in [1.29, 1.82) is 0 Å². The van der Waals surface area contributed by atoms with Gasteiger partial charge in [-0.15, -0.1) is 0 Å². The van der Waals surface area contributed by atoms with Crippen molar-refractivity contribution in [2.75, 3.05) is 0 Å². The third kappa shape index (κ3) is 2.52. The monoisotopic (exact) mass is 361 g/mol. The number of hydrogen-bond acceptors (Lipinski definition) is 2. The van der Waals surface area contributed by atoms with Gasteiger partial charge in [-0.1, -0.05) is 29.8 Å². The van der Waals surface area contributed by atoms with Crippen LogP contribution in [0.4, 0.5) is 0 Å². The molecule has 1 aromatic heterocycles. The van der Waals surface area contributed by atoms with E-state index in [1.807, 2.05) is 12.1 Å². The normalized spacial score (nSPS) is 11.1. The minimum Gasteiger partial charge on any atom is -0.283 e. The van der Waals surface area contributed by atoms with Crippen LogP contribution in [0.15, 0.2) is 36.6 Å². The maximum absolute atomic E-state index is 11.1. The summed E-state index contributed by atoms with van der Waals surface area (Å²) in [5.74, 6) is 0.324. The molecule has 0 saturated carbocycles. The van der Waals surface area contributed by atoms with Crippen LogP contribution in [0, 0.1) is 0 Å². The van der Waals surface area contributed by atoms with Crippen molar-refractivity contribution in [2.45, 2.75) is 19.8 Å². The number of nitrogens with one attached hydrogen (secondary N) is 1. The first kappa shape index (κ1) is 12.6. The van der Waals surface area contributed by atoms with Gasteiger partial charge in [0.15, 0.2) is 0 Å². The summed E-state index contributed by atoms with van der Waals surface area (Å²) >= 11 is 6.96. The molecule has 2 aromatic rings. The molecule has 4 nitrogen and oxygen atoms in total. The lowest BCUT2D eigenvalue weighted by Crippen LogP contribution is -2.34. The molecule has 1 heterocycles. The first-order valence-corrected chi connectivity index (χ1v) is 6.67. The van der Waals surface area contributed by atoms with Crippen molar-refractivity contribution in [3.63, 3.8) is 0 Å². The Morgan fingerprint density at radius 1 is 1.35 bits per heavy atom. The molecule has 1 N–H and O–H groups in total. The molecule has 0 unspecified atom stereocenters. The largest absolute Gasteiger partial charge is 0.427 e. The third-order valence-electron chi connectivity index (χ3n) is 2.40. The minimum absolute atomic E-state index is 0.324. The molecular formula is C11H11Br2N2O2+. The van der Waals surface area contributed by atoms with Crippen molar-refractivity contribution in [3.8, 4) is 5.69 Å². The minimum atomic E-state index is -0.408. The molecule has 0 fully saturated rings. The van der Waals surface area contributed by atoms with Gasteiger partial charge in [-0.2, -0.15) is 0 Å². The van der Waals surface area contributed by atoms with Crippen LogP contribution in [-0.4, -0.2) is 5.27 Å². The number of aromatic nitrogens is 2. The summed E-state index contributed by atoms with van der Waals surface area (Å²) in [6, 6.07) is 3.96.